The van der Waals surface area contributed by atoms with Crippen molar-refractivity contribution >= 4 is 31.7 Å². The number of hydrogen-bond donors (Lipinski definition) is 0. The molecule has 0 bridgehead atoms. The van der Waals surface area contributed by atoms with E-state index >= 15 is 0 Å². The fourth-order valence-corrected chi connectivity index (χ4v) is 3.29. The number of hydrogen-bond acceptors (Lipinski definition) is 1. The summed E-state index contributed by atoms with van der Waals surface area (Å²) in [5.41, 5.74) is 0. The van der Waals surface area contributed by atoms with Crippen LogP contribution in [0.3, 0.4) is 0 Å². The molecular formula is C7H7BiO. The van der Waals surface area contributed by atoms with Crippen molar-refractivity contribution < 1.29 is 4.79 Å². The Morgan fingerprint density at radius 3 is 2.67 bits per heavy atom. The van der Waals surface area contributed by atoms with Gasteiger partial charge in [0, 0.05) is 0 Å². The monoisotopic (exact) mass is 316 g/mol. The molecule has 0 N–H and O–H groups in total. The number of rotatable bonds is 1. The molecule has 0 aromatic carbocycles. The van der Waals surface area contributed by atoms with Crippen LogP contribution in [0.25, 0.3) is 0 Å². The average Bonchev–Trinajstić information content (AvgIpc) is 1.90. The summed E-state index contributed by atoms with van der Waals surface area (Å²) >= 11 is -0.662. The van der Waals surface area contributed by atoms with Crippen molar-refractivity contribution in [3.05, 3.63) is 22.0 Å². The maximum atomic E-state index is 10.7. The summed E-state index contributed by atoms with van der Waals surface area (Å²) in [7, 11) is 0. The molecule has 0 aromatic rings. The third-order valence-corrected chi connectivity index (χ3v) is 5.16. The molecule has 1 rings (SSSR count). The Morgan fingerprint density at radius 1 is 1.56 bits per heavy atom. The van der Waals surface area contributed by atoms with Gasteiger partial charge in [0.1, 0.15) is 0 Å². The first kappa shape index (κ1) is 7.02. The molecule has 0 radical (unpaired) electrons. The SMILES string of the molecule is CC(=O)[C]1=[Bi][CH]=CC=C1. The average molecular weight is 316 g/mol. The molecule has 0 spiro atoms. The van der Waals surface area contributed by atoms with Crippen LogP contribution < -0.4 is 0 Å². The van der Waals surface area contributed by atoms with E-state index in [4.69, 9.17) is 0 Å². The third kappa shape index (κ3) is 1.94. The Labute approximate surface area is 65.5 Å². The molecule has 1 heterocycles. The fraction of sp³-hybridized carbons (Fsp3) is 0.143. The molecule has 0 saturated carbocycles. The van der Waals surface area contributed by atoms with Gasteiger partial charge in [-0.25, -0.2) is 0 Å². The van der Waals surface area contributed by atoms with E-state index < -0.39 is 22.8 Å². The molecule has 0 aliphatic carbocycles. The summed E-state index contributed by atoms with van der Waals surface area (Å²) in [6, 6.07) is 0. The van der Waals surface area contributed by atoms with Gasteiger partial charge in [0.2, 0.25) is 0 Å². The molecule has 0 saturated heterocycles. The Morgan fingerprint density at radius 2 is 2.33 bits per heavy atom. The van der Waals surface area contributed by atoms with Crippen molar-refractivity contribution in [2.24, 2.45) is 0 Å². The Hall–Kier alpha value is -0.0969. The van der Waals surface area contributed by atoms with Crippen molar-refractivity contribution in [1.82, 2.24) is 0 Å². The van der Waals surface area contributed by atoms with Crippen molar-refractivity contribution in [2.75, 3.05) is 0 Å². The zero-order valence-corrected chi connectivity index (χ0v) is 8.64. The zero-order chi connectivity index (χ0) is 6.69. The summed E-state index contributed by atoms with van der Waals surface area (Å²) in [6.45, 7) is 1.64. The Kier molecular flexibility index (Phi) is 2.47. The molecule has 1 nitrogen and oxygen atoms in total. The molecule has 1 aliphatic heterocycles. The molecule has 0 aromatic heterocycles. The van der Waals surface area contributed by atoms with Gasteiger partial charge in [0.05, 0.1) is 0 Å². The van der Waals surface area contributed by atoms with Gasteiger partial charge in [-0.3, -0.25) is 0 Å². The summed E-state index contributed by atoms with van der Waals surface area (Å²) in [5.74, 6) is 0.257. The first-order valence-electron chi connectivity index (χ1n) is 2.72. The zero-order valence-electron chi connectivity index (χ0n) is 5.16. The first-order chi connectivity index (χ1) is 4.30. The van der Waals surface area contributed by atoms with Crippen LogP contribution in [0.15, 0.2) is 22.0 Å². The van der Waals surface area contributed by atoms with Crippen LogP contribution in [0.2, 0.25) is 0 Å². The topological polar surface area (TPSA) is 17.1 Å². The van der Waals surface area contributed by atoms with Crippen LogP contribution >= 0.6 is 0 Å². The van der Waals surface area contributed by atoms with Crippen LogP contribution in [0.4, 0.5) is 0 Å². The van der Waals surface area contributed by atoms with Crippen LogP contribution in [0.1, 0.15) is 6.92 Å². The Bertz CT molecular complexity index is 211. The minimum absolute atomic E-state index is 0.257. The molecule has 0 unspecified atom stereocenters. The summed E-state index contributed by atoms with van der Waals surface area (Å²) in [4.78, 5) is 10.7. The predicted octanol–water partition coefficient (Wildman–Crippen LogP) is 0.536. The van der Waals surface area contributed by atoms with E-state index in [2.05, 4.69) is 3.78 Å². The number of carbonyl (C=O) groups excluding carboxylic acids is 1. The number of Topliss-reactive ketones (excluding diaryl/α,β-unsaturated/α-hetero) is 1. The summed E-state index contributed by atoms with van der Waals surface area (Å²) in [6.07, 6.45) is 5.91. The van der Waals surface area contributed by atoms with Crippen LogP contribution in [-0.4, -0.2) is 31.7 Å². The second-order valence-electron chi connectivity index (χ2n) is 1.77. The van der Waals surface area contributed by atoms with Gasteiger partial charge in [-0.2, -0.15) is 0 Å². The van der Waals surface area contributed by atoms with Crippen molar-refractivity contribution in [3.8, 4) is 0 Å². The van der Waals surface area contributed by atoms with Gasteiger partial charge in [-0.1, -0.05) is 0 Å². The second kappa shape index (κ2) is 3.17. The van der Waals surface area contributed by atoms with Gasteiger partial charge in [0.15, 0.2) is 0 Å². The summed E-state index contributed by atoms with van der Waals surface area (Å²) in [5, 5.41) is 0. The number of ketones is 1. The number of carbonyl (C=O) groups is 1. The van der Waals surface area contributed by atoms with Crippen LogP contribution in [-0.2, 0) is 4.79 Å². The van der Waals surface area contributed by atoms with E-state index in [1.54, 1.807) is 6.92 Å². The van der Waals surface area contributed by atoms with Gasteiger partial charge in [-0.15, -0.1) is 0 Å². The van der Waals surface area contributed by atoms with Gasteiger partial charge in [-0.05, 0) is 0 Å². The van der Waals surface area contributed by atoms with E-state index in [-0.39, 0.29) is 5.78 Å². The van der Waals surface area contributed by atoms with Crippen molar-refractivity contribution in [3.63, 3.8) is 0 Å². The summed E-state index contributed by atoms with van der Waals surface area (Å²) < 4.78 is 3.24. The molecule has 0 fully saturated rings. The fourth-order valence-electron chi connectivity index (χ4n) is 0.571. The minimum atomic E-state index is -0.662. The molecule has 46 valence electrons. The normalized spacial score (nSPS) is 15.4. The maximum absolute atomic E-state index is 10.7. The van der Waals surface area contributed by atoms with E-state index in [1.807, 2.05) is 18.2 Å². The predicted molar refractivity (Wildman–Crippen MR) is 39.7 cm³/mol. The first-order valence-corrected chi connectivity index (χ1v) is 6.47. The molecule has 1 aliphatic rings. The van der Waals surface area contributed by atoms with E-state index in [1.165, 1.54) is 0 Å². The molecule has 9 heavy (non-hydrogen) atoms. The van der Waals surface area contributed by atoms with Crippen molar-refractivity contribution in [1.29, 1.82) is 0 Å². The van der Waals surface area contributed by atoms with Gasteiger partial charge in [0.25, 0.3) is 0 Å². The quantitative estimate of drug-likeness (QED) is 0.645. The third-order valence-electron chi connectivity index (χ3n) is 1.03. The van der Waals surface area contributed by atoms with E-state index in [0.717, 1.165) is 3.21 Å². The van der Waals surface area contributed by atoms with Crippen LogP contribution in [0, 0.1) is 0 Å². The molecule has 0 amide bonds. The molecular weight excluding hydrogens is 309 g/mol. The molecule has 0 atom stereocenters. The van der Waals surface area contributed by atoms with Gasteiger partial charge >= 0.3 is 65.5 Å². The second-order valence-corrected chi connectivity index (χ2v) is 5.81. The standard InChI is InChI=1S/C7H7O.Bi/c1-3-4-5-6-7(2)8;/h1,3-5H,2H3;. The van der Waals surface area contributed by atoms with E-state index in [0.29, 0.717) is 0 Å². The van der Waals surface area contributed by atoms with E-state index in [9.17, 15) is 4.79 Å². The van der Waals surface area contributed by atoms with Crippen molar-refractivity contribution in [2.45, 2.75) is 6.92 Å². The number of allylic oxidation sites excluding steroid dienone is 3. The van der Waals surface area contributed by atoms with Crippen LogP contribution in [0.5, 0.6) is 0 Å². The van der Waals surface area contributed by atoms with Gasteiger partial charge < -0.3 is 0 Å². The molecule has 2 heteroatoms. The Balaban J connectivity index is 2.84.